The number of hydrogen-bond acceptors (Lipinski definition) is 4. The van der Waals surface area contributed by atoms with E-state index in [0.717, 1.165) is 6.42 Å². The Morgan fingerprint density at radius 3 is 2.38 bits per heavy atom. The van der Waals surface area contributed by atoms with Crippen molar-refractivity contribution in [3.63, 3.8) is 0 Å². The Kier molecular flexibility index (Phi) is 5.93. The second-order valence-electron chi connectivity index (χ2n) is 2.76. The first-order valence-electron chi connectivity index (χ1n) is 4.39. The zero-order valence-corrected chi connectivity index (χ0v) is 8.33. The molecule has 1 saturated heterocycles. The molecular weight excluding hydrogens is 172 g/mol. The molecule has 0 aliphatic carbocycles. The summed E-state index contributed by atoms with van der Waals surface area (Å²) < 4.78 is 9.12. The third kappa shape index (κ3) is 7.31. The van der Waals surface area contributed by atoms with Crippen LogP contribution >= 0.6 is 0 Å². The number of esters is 2. The summed E-state index contributed by atoms with van der Waals surface area (Å²) in [6.07, 6.45) is 1.69. The van der Waals surface area contributed by atoms with Crippen LogP contribution in [0.3, 0.4) is 0 Å². The quantitative estimate of drug-likeness (QED) is 0.582. The summed E-state index contributed by atoms with van der Waals surface area (Å²) >= 11 is 0. The van der Waals surface area contributed by atoms with E-state index in [1.807, 2.05) is 6.92 Å². The van der Waals surface area contributed by atoms with Crippen LogP contribution in [0.4, 0.5) is 0 Å². The van der Waals surface area contributed by atoms with Crippen LogP contribution in [-0.4, -0.2) is 24.6 Å². The Morgan fingerprint density at radius 2 is 2.31 bits per heavy atom. The predicted molar refractivity (Wildman–Crippen MR) is 47.1 cm³/mol. The van der Waals surface area contributed by atoms with Gasteiger partial charge in [0, 0.05) is 13.3 Å². The Hall–Kier alpha value is -1.06. The van der Waals surface area contributed by atoms with Gasteiger partial charge in [-0.25, -0.2) is 0 Å². The fourth-order valence-corrected chi connectivity index (χ4v) is 0.867. The summed E-state index contributed by atoms with van der Waals surface area (Å²) in [6, 6.07) is 0. The molecule has 4 nitrogen and oxygen atoms in total. The van der Waals surface area contributed by atoms with Crippen LogP contribution in [0.5, 0.6) is 0 Å². The highest BCUT2D eigenvalue weighted by Gasteiger charge is 2.17. The average Bonchev–Trinajstić information content (AvgIpc) is 2.35. The van der Waals surface area contributed by atoms with Crippen molar-refractivity contribution in [1.82, 2.24) is 0 Å². The van der Waals surface area contributed by atoms with Crippen LogP contribution in [0, 0.1) is 0 Å². The van der Waals surface area contributed by atoms with Crippen molar-refractivity contribution in [3.8, 4) is 0 Å². The van der Waals surface area contributed by atoms with Gasteiger partial charge in [0.1, 0.15) is 0 Å². The van der Waals surface area contributed by atoms with E-state index in [1.54, 1.807) is 6.92 Å². The zero-order valence-electron chi connectivity index (χ0n) is 8.33. The predicted octanol–water partition coefficient (Wildman–Crippen LogP) is 1.28. The van der Waals surface area contributed by atoms with Gasteiger partial charge in [-0.2, -0.15) is 0 Å². The maximum atomic E-state index is 10.2. The van der Waals surface area contributed by atoms with Crippen molar-refractivity contribution in [1.29, 1.82) is 0 Å². The van der Waals surface area contributed by atoms with Gasteiger partial charge in [0.15, 0.2) is 0 Å². The molecular formula is C9H16O4. The Morgan fingerprint density at radius 1 is 1.69 bits per heavy atom. The molecule has 0 saturated carbocycles. The fraction of sp³-hybridized carbons (Fsp3) is 0.778. The van der Waals surface area contributed by atoms with Gasteiger partial charge in [-0.15, -0.1) is 0 Å². The molecule has 1 rings (SSSR count). The van der Waals surface area contributed by atoms with Gasteiger partial charge in [-0.05, 0) is 20.3 Å². The van der Waals surface area contributed by atoms with E-state index in [0.29, 0.717) is 13.0 Å². The van der Waals surface area contributed by atoms with E-state index in [9.17, 15) is 9.59 Å². The lowest BCUT2D eigenvalue weighted by atomic mass is 10.3. The third-order valence-electron chi connectivity index (χ3n) is 1.44. The van der Waals surface area contributed by atoms with Crippen molar-refractivity contribution in [2.24, 2.45) is 0 Å². The highest BCUT2D eigenvalue weighted by Crippen LogP contribution is 2.11. The Labute approximate surface area is 78.2 Å². The van der Waals surface area contributed by atoms with Crippen molar-refractivity contribution >= 4 is 11.9 Å². The van der Waals surface area contributed by atoms with E-state index in [1.165, 1.54) is 6.92 Å². The molecule has 0 amide bonds. The lowest BCUT2D eigenvalue weighted by Crippen LogP contribution is -1.98. The molecule has 0 aromatic carbocycles. The summed E-state index contributed by atoms with van der Waals surface area (Å²) in [7, 11) is 0. The molecule has 1 aliphatic heterocycles. The second-order valence-corrected chi connectivity index (χ2v) is 2.76. The average molecular weight is 188 g/mol. The molecule has 0 N–H and O–H groups in total. The highest BCUT2D eigenvalue weighted by molar-refractivity contribution is 5.71. The first-order valence-corrected chi connectivity index (χ1v) is 4.39. The van der Waals surface area contributed by atoms with Gasteiger partial charge < -0.3 is 9.47 Å². The van der Waals surface area contributed by atoms with Crippen LogP contribution in [0.25, 0.3) is 0 Å². The van der Waals surface area contributed by atoms with E-state index in [4.69, 9.17) is 4.74 Å². The van der Waals surface area contributed by atoms with Crippen LogP contribution < -0.4 is 0 Å². The largest absolute Gasteiger partial charge is 0.466 e. The van der Waals surface area contributed by atoms with Crippen LogP contribution in [-0.2, 0) is 19.1 Å². The number of carbonyl (C=O) groups is 2. The summed E-state index contributed by atoms with van der Waals surface area (Å²) in [5.41, 5.74) is 0. The van der Waals surface area contributed by atoms with Gasteiger partial charge >= 0.3 is 11.9 Å². The lowest BCUT2D eigenvalue weighted by molar-refractivity contribution is -0.141. The molecule has 1 aliphatic rings. The molecule has 13 heavy (non-hydrogen) atoms. The molecule has 76 valence electrons. The summed E-state index contributed by atoms with van der Waals surface area (Å²) in [6.45, 7) is 5.56. The molecule has 0 radical (unpaired) electrons. The maximum Gasteiger partial charge on any atom is 0.306 e. The van der Waals surface area contributed by atoms with E-state index >= 15 is 0 Å². The molecule has 1 fully saturated rings. The van der Waals surface area contributed by atoms with Crippen molar-refractivity contribution in [2.45, 2.75) is 39.7 Å². The van der Waals surface area contributed by atoms with E-state index in [2.05, 4.69) is 4.74 Å². The van der Waals surface area contributed by atoms with Crippen molar-refractivity contribution < 1.29 is 19.1 Å². The topological polar surface area (TPSA) is 52.6 Å². The fourth-order valence-electron chi connectivity index (χ4n) is 0.867. The number of hydrogen-bond donors (Lipinski definition) is 0. The molecule has 0 aromatic rings. The van der Waals surface area contributed by atoms with Gasteiger partial charge in [0.25, 0.3) is 0 Å². The number of carbonyl (C=O) groups excluding carboxylic acids is 2. The van der Waals surface area contributed by atoms with Crippen molar-refractivity contribution in [2.75, 3.05) is 6.61 Å². The zero-order chi connectivity index (χ0) is 10.3. The van der Waals surface area contributed by atoms with Crippen molar-refractivity contribution in [3.05, 3.63) is 0 Å². The first kappa shape index (κ1) is 11.9. The summed E-state index contributed by atoms with van der Waals surface area (Å²) in [4.78, 5) is 20.1. The van der Waals surface area contributed by atoms with Crippen LogP contribution in [0.1, 0.15) is 33.6 Å². The molecule has 1 unspecified atom stereocenters. The molecule has 1 heterocycles. The highest BCUT2D eigenvalue weighted by atomic mass is 16.5. The van der Waals surface area contributed by atoms with Gasteiger partial charge in [-0.1, -0.05) is 0 Å². The lowest BCUT2D eigenvalue weighted by Gasteiger charge is -1.95. The minimum Gasteiger partial charge on any atom is -0.466 e. The SMILES string of the molecule is CC1CCC(=O)O1.CCOC(C)=O. The Bertz CT molecular complexity index is 176. The molecule has 0 bridgehead atoms. The minimum atomic E-state index is -0.211. The minimum absolute atomic E-state index is 0.0486. The smallest absolute Gasteiger partial charge is 0.306 e. The van der Waals surface area contributed by atoms with Crippen LogP contribution in [0.15, 0.2) is 0 Å². The first-order chi connectivity index (χ1) is 6.06. The normalized spacial score (nSPS) is 19.9. The van der Waals surface area contributed by atoms with Gasteiger partial charge in [0.2, 0.25) is 0 Å². The number of ether oxygens (including phenoxy) is 2. The monoisotopic (exact) mass is 188 g/mol. The number of cyclic esters (lactones) is 1. The molecule has 1 atom stereocenters. The maximum absolute atomic E-state index is 10.2. The third-order valence-corrected chi connectivity index (χ3v) is 1.44. The molecule has 4 heteroatoms. The van der Waals surface area contributed by atoms with Crippen LogP contribution in [0.2, 0.25) is 0 Å². The van der Waals surface area contributed by atoms with E-state index < -0.39 is 0 Å². The summed E-state index contributed by atoms with van der Waals surface area (Å²) in [5, 5.41) is 0. The Balaban J connectivity index is 0.000000226. The number of rotatable bonds is 1. The van der Waals surface area contributed by atoms with Gasteiger partial charge in [0.05, 0.1) is 12.7 Å². The molecule has 0 spiro atoms. The second kappa shape index (κ2) is 6.46. The summed E-state index contributed by atoms with van der Waals surface area (Å²) in [5.74, 6) is -0.259. The standard InChI is InChI=1S/C5H8O2.C4H8O2/c1-4-2-3-5(6)7-4;1-3-6-4(2)5/h4H,2-3H2,1H3;3H2,1-2H3. The van der Waals surface area contributed by atoms with E-state index in [-0.39, 0.29) is 18.0 Å². The van der Waals surface area contributed by atoms with Gasteiger partial charge in [-0.3, -0.25) is 9.59 Å². The molecule has 0 aromatic heterocycles.